The third-order valence-electron chi connectivity index (χ3n) is 3.47. The number of rotatable bonds is 7. The van der Waals surface area contributed by atoms with Crippen molar-refractivity contribution in [2.45, 2.75) is 13.2 Å². The Labute approximate surface area is 155 Å². The molecule has 6 nitrogen and oxygen atoms in total. The summed E-state index contributed by atoms with van der Waals surface area (Å²) in [4.78, 5) is 0. The van der Waals surface area contributed by atoms with Crippen LogP contribution in [-0.2, 0) is 13.2 Å². The molecule has 0 radical (unpaired) electrons. The van der Waals surface area contributed by atoms with E-state index in [1.165, 1.54) is 0 Å². The van der Waals surface area contributed by atoms with E-state index in [4.69, 9.17) is 32.7 Å². The number of hydrogen-bond donors (Lipinski definition) is 1. The fourth-order valence-electron chi connectivity index (χ4n) is 2.22. The molecule has 1 aromatic heterocycles. The van der Waals surface area contributed by atoms with Gasteiger partial charge in [0, 0.05) is 5.02 Å². The first-order valence-electron chi connectivity index (χ1n) is 7.48. The normalized spacial score (nSPS) is 10.5. The van der Waals surface area contributed by atoms with Crippen LogP contribution in [0, 0.1) is 0 Å². The van der Waals surface area contributed by atoms with E-state index in [1.54, 1.807) is 24.4 Å². The van der Waals surface area contributed by atoms with Gasteiger partial charge in [0.2, 0.25) is 0 Å². The average Bonchev–Trinajstić information content (AvgIpc) is 3.13. The maximum Gasteiger partial charge on any atom is 0.180 e. The third-order valence-corrected chi connectivity index (χ3v) is 4.00. The molecule has 0 aliphatic carbocycles. The van der Waals surface area contributed by atoms with Crippen molar-refractivity contribution in [2.75, 3.05) is 12.5 Å². The van der Waals surface area contributed by atoms with E-state index < -0.39 is 0 Å². The van der Waals surface area contributed by atoms with Crippen molar-refractivity contribution >= 4 is 23.2 Å². The molecule has 0 unspecified atom stereocenters. The summed E-state index contributed by atoms with van der Waals surface area (Å²) in [5, 5.41) is 8.62. The van der Waals surface area contributed by atoms with E-state index in [9.17, 15) is 0 Å². The molecule has 0 bridgehead atoms. The van der Waals surface area contributed by atoms with Crippen molar-refractivity contribution in [3.05, 3.63) is 70.2 Å². The summed E-state index contributed by atoms with van der Waals surface area (Å²) >= 11 is 12.3. The lowest BCUT2D eigenvalue weighted by atomic mass is 10.2. The van der Waals surface area contributed by atoms with Crippen molar-refractivity contribution in [1.82, 2.24) is 14.9 Å². The van der Waals surface area contributed by atoms with Gasteiger partial charge in [0.15, 0.2) is 11.5 Å². The quantitative estimate of drug-likeness (QED) is 0.674. The number of nitrogens with zero attached hydrogens (tertiary/aromatic N) is 3. The zero-order chi connectivity index (χ0) is 17.6. The summed E-state index contributed by atoms with van der Waals surface area (Å²) < 4.78 is 12.9. The van der Waals surface area contributed by atoms with Crippen molar-refractivity contribution in [3.63, 3.8) is 0 Å². The van der Waals surface area contributed by atoms with Crippen molar-refractivity contribution in [2.24, 2.45) is 0 Å². The zero-order valence-electron chi connectivity index (χ0n) is 13.4. The summed E-state index contributed by atoms with van der Waals surface area (Å²) in [6.07, 6.45) is 3.14. The van der Waals surface area contributed by atoms with E-state index in [1.807, 2.05) is 36.4 Å². The standard InChI is InChI=1S/C17H16Cl2N4O2/c1-24-16-7-13(8-22-23-10-20-21-11-23)6-15(19)17(16)25-9-12-2-4-14(18)5-3-12/h2-7,10-11,22H,8-9H2,1H3. The van der Waals surface area contributed by atoms with E-state index in [0.29, 0.717) is 34.7 Å². The Bertz CT molecular complexity index is 823. The third kappa shape index (κ3) is 4.55. The molecule has 0 aliphatic heterocycles. The van der Waals surface area contributed by atoms with E-state index in [0.717, 1.165) is 11.1 Å². The first-order chi connectivity index (χ1) is 12.2. The van der Waals surface area contributed by atoms with Gasteiger partial charge in [-0.25, -0.2) is 4.68 Å². The largest absolute Gasteiger partial charge is 0.493 e. The maximum atomic E-state index is 6.38. The van der Waals surface area contributed by atoms with E-state index in [-0.39, 0.29) is 0 Å². The molecular formula is C17H16Cl2N4O2. The molecule has 3 aromatic rings. The molecule has 3 rings (SSSR count). The van der Waals surface area contributed by atoms with Gasteiger partial charge in [-0.05, 0) is 35.4 Å². The Kier molecular flexibility index (Phi) is 5.63. The molecule has 2 aromatic carbocycles. The molecule has 0 atom stereocenters. The molecule has 1 N–H and O–H groups in total. The van der Waals surface area contributed by atoms with Gasteiger partial charge < -0.3 is 14.9 Å². The second-order valence-corrected chi connectivity index (χ2v) is 6.07. The van der Waals surface area contributed by atoms with Crippen LogP contribution in [0.3, 0.4) is 0 Å². The molecule has 0 spiro atoms. The van der Waals surface area contributed by atoms with Crippen LogP contribution in [0.25, 0.3) is 0 Å². The molecule has 0 saturated heterocycles. The smallest absolute Gasteiger partial charge is 0.180 e. The Hall–Kier alpha value is -2.44. The minimum absolute atomic E-state index is 0.367. The van der Waals surface area contributed by atoms with Gasteiger partial charge >= 0.3 is 0 Å². The van der Waals surface area contributed by atoms with Crippen LogP contribution in [0.4, 0.5) is 0 Å². The van der Waals surface area contributed by atoms with Crippen LogP contribution in [0.5, 0.6) is 11.5 Å². The monoisotopic (exact) mass is 378 g/mol. The second kappa shape index (κ2) is 8.09. The van der Waals surface area contributed by atoms with Gasteiger partial charge in [-0.15, -0.1) is 10.2 Å². The molecule has 130 valence electrons. The van der Waals surface area contributed by atoms with Crippen molar-refractivity contribution < 1.29 is 9.47 Å². The molecule has 0 fully saturated rings. The summed E-state index contributed by atoms with van der Waals surface area (Å²) in [6.45, 7) is 0.900. The number of ether oxygens (including phenoxy) is 2. The Morgan fingerprint density at radius 2 is 1.76 bits per heavy atom. The van der Waals surface area contributed by atoms with Gasteiger partial charge in [-0.2, -0.15) is 0 Å². The van der Waals surface area contributed by atoms with Gasteiger partial charge in [-0.1, -0.05) is 35.3 Å². The van der Waals surface area contributed by atoms with Crippen LogP contribution in [0.15, 0.2) is 49.1 Å². The van der Waals surface area contributed by atoms with Crippen molar-refractivity contribution in [1.29, 1.82) is 0 Å². The maximum absolute atomic E-state index is 6.38. The molecule has 0 saturated carbocycles. The topological polar surface area (TPSA) is 61.2 Å². The minimum Gasteiger partial charge on any atom is -0.493 e. The Morgan fingerprint density at radius 3 is 2.44 bits per heavy atom. The summed E-state index contributed by atoms with van der Waals surface area (Å²) in [5.74, 6) is 1.08. The molecule has 8 heteroatoms. The predicted molar refractivity (Wildman–Crippen MR) is 96.9 cm³/mol. The molecule has 25 heavy (non-hydrogen) atoms. The number of benzene rings is 2. The molecule has 1 heterocycles. The average molecular weight is 379 g/mol. The number of methoxy groups -OCH3 is 1. The first-order valence-corrected chi connectivity index (χ1v) is 8.23. The SMILES string of the molecule is COc1cc(CNn2cnnc2)cc(Cl)c1OCc1ccc(Cl)cc1. The second-order valence-electron chi connectivity index (χ2n) is 5.23. The molecule has 0 amide bonds. The highest BCUT2D eigenvalue weighted by Gasteiger charge is 2.12. The predicted octanol–water partition coefficient (Wildman–Crippen LogP) is 3.92. The highest BCUT2D eigenvalue weighted by Crippen LogP contribution is 2.37. The van der Waals surface area contributed by atoms with Crippen LogP contribution >= 0.6 is 23.2 Å². The van der Waals surface area contributed by atoms with E-state index >= 15 is 0 Å². The number of aromatic nitrogens is 3. The van der Waals surface area contributed by atoms with Crippen LogP contribution in [-0.4, -0.2) is 22.0 Å². The van der Waals surface area contributed by atoms with Gasteiger partial charge in [-0.3, -0.25) is 0 Å². The number of nitrogens with one attached hydrogen (secondary N) is 1. The zero-order valence-corrected chi connectivity index (χ0v) is 15.0. The summed E-state index contributed by atoms with van der Waals surface area (Å²) in [7, 11) is 1.58. The number of halogens is 2. The Balaban J connectivity index is 1.71. The lowest BCUT2D eigenvalue weighted by Crippen LogP contribution is -2.12. The first kappa shape index (κ1) is 17.4. The van der Waals surface area contributed by atoms with Gasteiger partial charge in [0.1, 0.15) is 19.3 Å². The molecule has 0 aliphatic rings. The Morgan fingerprint density at radius 1 is 1.04 bits per heavy atom. The lowest BCUT2D eigenvalue weighted by Gasteiger charge is -2.15. The van der Waals surface area contributed by atoms with Crippen LogP contribution in [0.2, 0.25) is 10.0 Å². The van der Waals surface area contributed by atoms with Gasteiger partial charge in [0.25, 0.3) is 0 Å². The minimum atomic E-state index is 0.367. The number of hydrogen-bond acceptors (Lipinski definition) is 5. The fourth-order valence-corrected chi connectivity index (χ4v) is 2.63. The fraction of sp³-hybridized carbons (Fsp3) is 0.176. The van der Waals surface area contributed by atoms with Crippen molar-refractivity contribution in [3.8, 4) is 11.5 Å². The van der Waals surface area contributed by atoms with Crippen LogP contribution < -0.4 is 14.9 Å². The highest BCUT2D eigenvalue weighted by molar-refractivity contribution is 6.32. The summed E-state index contributed by atoms with van der Waals surface area (Å²) in [6, 6.07) is 11.1. The highest BCUT2D eigenvalue weighted by atomic mass is 35.5. The van der Waals surface area contributed by atoms with E-state index in [2.05, 4.69) is 15.6 Å². The van der Waals surface area contributed by atoms with Crippen LogP contribution in [0.1, 0.15) is 11.1 Å². The molecular weight excluding hydrogens is 363 g/mol. The van der Waals surface area contributed by atoms with Gasteiger partial charge in [0.05, 0.1) is 18.7 Å². The lowest BCUT2D eigenvalue weighted by molar-refractivity contribution is 0.284. The summed E-state index contributed by atoms with van der Waals surface area (Å²) in [5.41, 5.74) is 5.05.